The zero-order chi connectivity index (χ0) is 31.0. The van der Waals surface area contributed by atoms with Gasteiger partial charge in [0.15, 0.2) is 5.82 Å². The Labute approximate surface area is 239 Å². The molecular weight excluding hydrogens is 556 g/mol. The van der Waals surface area contributed by atoms with Crippen molar-refractivity contribution in [1.29, 1.82) is 0 Å². The molecule has 0 spiro atoms. The Morgan fingerprint density at radius 3 is 2.26 bits per heavy atom. The SMILES string of the molecule is COc1cc(C(=O)NC[C@](O)(c2cc(C(C)(C)O)c(F)c(-c3ccc(F)cc3)n2)C(C)C)cc2cc(C(F)F)nnc12. The number of nitrogens with zero attached hydrogens (tertiary/aromatic N) is 3. The van der Waals surface area contributed by atoms with Crippen LogP contribution in [0.2, 0.25) is 0 Å². The molecular formula is C30H30F4N4O4. The van der Waals surface area contributed by atoms with Crippen molar-refractivity contribution in [2.75, 3.05) is 13.7 Å². The molecule has 0 unspecified atom stereocenters. The van der Waals surface area contributed by atoms with Crippen molar-refractivity contribution in [3.63, 3.8) is 0 Å². The Morgan fingerprint density at radius 2 is 1.69 bits per heavy atom. The number of carbonyl (C=O) groups excluding carboxylic acids is 1. The highest BCUT2D eigenvalue weighted by atomic mass is 19.3. The molecule has 2 heterocycles. The molecule has 4 rings (SSSR count). The van der Waals surface area contributed by atoms with Crippen LogP contribution < -0.4 is 10.1 Å². The Kier molecular flexibility index (Phi) is 8.51. The van der Waals surface area contributed by atoms with Crippen molar-refractivity contribution in [3.8, 4) is 17.0 Å². The fraction of sp³-hybridized carbons (Fsp3) is 0.333. The van der Waals surface area contributed by atoms with Crippen LogP contribution >= 0.6 is 0 Å². The van der Waals surface area contributed by atoms with E-state index in [2.05, 4.69) is 20.5 Å². The summed E-state index contributed by atoms with van der Waals surface area (Å²) in [5, 5.41) is 32.7. The molecule has 12 heteroatoms. The lowest BCUT2D eigenvalue weighted by Gasteiger charge is -2.33. The number of ether oxygens (including phenoxy) is 1. The summed E-state index contributed by atoms with van der Waals surface area (Å²) >= 11 is 0. The first kappa shape index (κ1) is 30.8. The molecule has 0 fully saturated rings. The van der Waals surface area contributed by atoms with Gasteiger partial charge in [-0.05, 0) is 68.3 Å². The molecule has 0 saturated heterocycles. The van der Waals surface area contributed by atoms with Gasteiger partial charge in [-0.2, -0.15) is 0 Å². The van der Waals surface area contributed by atoms with Gasteiger partial charge < -0.3 is 20.3 Å². The Bertz CT molecular complexity index is 1620. The lowest BCUT2D eigenvalue weighted by atomic mass is 9.83. The van der Waals surface area contributed by atoms with Gasteiger partial charge in [-0.3, -0.25) is 4.79 Å². The third-order valence-corrected chi connectivity index (χ3v) is 7.03. The second-order valence-corrected chi connectivity index (χ2v) is 10.7. The van der Waals surface area contributed by atoms with Gasteiger partial charge in [0, 0.05) is 22.1 Å². The Balaban J connectivity index is 1.74. The molecule has 1 atom stereocenters. The minimum atomic E-state index is -2.87. The molecule has 0 bridgehead atoms. The van der Waals surface area contributed by atoms with Crippen LogP contribution in [0.4, 0.5) is 17.6 Å². The van der Waals surface area contributed by atoms with Crippen LogP contribution in [0.25, 0.3) is 22.2 Å². The second-order valence-electron chi connectivity index (χ2n) is 10.7. The number of methoxy groups -OCH3 is 1. The molecule has 0 aliphatic heterocycles. The molecule has 1 amide bonds. The summed E-state index contributed by atoms with van der Waals surface area (Å²) in [5.41, 5.74) is -4.10. The van der Waals surface area contributed by atoms with Gasteiger partial charge in [0.05, 0.1) is 24.9 Å². The lowest BCUT2D eigenvalue weighted by molar-refractivity contribution is -0.0129. The van der Waals surface area contributed by atoms with E-state index >= 15 is 4.39 Å². The number of pyridine rings is 1. The maximum Gasteiger partial charge on any atom is 0.282 e. The normalized spacial score (nSPS) is 13.5. The van der Waals surface area contributed by atoms with Gasteiger partial charge >= 0.3 is 0 Å². The molecule has 3 N–H and O–H groups in total. The van der Waals surface area contributed by atoms with Crippen molar-refractivity contribution >= 4 is 16.8 Å². The number of amides is 1. The summed E-state index contributed by atoms with van der Waals surface area (Å²) in [5.74, 6) is -2.51. The van der Waals surface area contributed by atoms with E-state index in [1.54, 1.807) is 13.8 Å². The standard InChI is InChI=1S/C30H30F4N4O4/c1-15(2)30(41,23-13-20(29(3,4)40)24(32)26(36-23)16-6-8-19(31)9-7-16)14-35-28(39)18-10-17-11-21(27(33)34)37-38-25(17)22(12-18)42-5/h6-13,15,27,40-41H,14H2,1-5H3,(H,35,39)/t30-/m1/s1. The number of hydrogen-bond donors (Lipinski definition) is 3. The molecule has 2 aromatic carbocycles. The van der Waals surface area contributed by atoms with E-state index in [4.69, 9.17) is 4.74 Å². The van der Waals surface area contributed by atoms with Gasteiger partial charge in [0.2, 0.25) is 0 Å². The fourth-order valence-corrected chi connectivity index (χ4v) is 4.44. The van der Waals surface area contributed by atoms with Crippen molar-refractivity contribution in [2.45, 2.75) is 45.3 Å². The van der Waals surface area contributed by atoms with E-state index in [9.17, 15) is 28.2 Å². The largest absolute Gasteiger partial charge is 0.494 e. The molecule has 0 saturated carbocycles. The summed E-state index contributed by atoms with van der Waals surface area (Å²) < 4.78 is 60.9. The molecule has 8 nitrogen and oxygen atoms in total. The van der Waals surface area contributed by atoms with Gasteiger partial charge in [-0.25, -0.2) is 22.5 Å². The molecule has 4 aromatic rings. The molecule has 222 valence electrons. The number of aliphatic hydroxyl groups is 2. The van der Waals surface area contributed by atoms with E-state index in [-0.39, 0.29) is 44.7 Å². The fourth-order valence-electron chi connectivity index (χ4n) is 4.44. The van der Waals surface area contributed by atoms with Crippen LogP contribution in [-0.4, -0.2) is 45.0 Å². The Hall–Kier alpha value is -4.16. The van der Waals surface area contributed by atoms with Gasteiger partial charge in [0.1, 0.15) is 34.1 Å². The predicted molar refractivity (Wildman–Crippen MR) is 147 cm³/mol. The first-order valence-electron chi connectivity index (χ1n) is 13.0. The monoisotopic (exact) mass is 586 g/mol. The van der Waals surface area contributed by atoms with Crippen LogP contribution in [0.5, 0.6) is 5.75 Å². The quantitative estimate of drug-likeness (QED) is 0.224. The summed E-state index contributed by atoms with van der Waals surface area (Å²) in [6.07, 6.45) is -2.87. The molecule has 2 aromatic heterocycles. The van der Waals surface area contributed by atoms with Gasteiger partial charge in [-0.15, -0.1) is 10.2 Å². The maximum absolute atomic E-state index is 15.6. The zero-order valence-corrected chi connectivity index (χ0v) is 23.5. The van der Waals surface area contributed by atoms with Crippen LogP contribution in [0.3, 0.4) is 0 Å². The smallest absolute Gasteiger partial charge is 0.282 e. The van der Waals surface area contributed by atoms with Crippen molar-refractivity contribution < 1.29 is 37.3 Å². The van der Waals surface area contributed by atoms with E-state index in [1.165, 1.54) is 51.3 Å². The highest BCUT2D eigenvalue weighted by Gasteiger charge is 2.38. The highest BCUT2D eigenvalue weighted by Crippen LogP contribution is 2.36. The number of halogens is 4. The van der Waals surface area contributed by atoms with Crippen molar-refractivity contribution in [3.05, 3.63) is 82.7 Å². The van der Waals surface area contributed by atoms with E-state index < -0.39 is 53.3 Å². The van der Waals surface area contributed by atoms with E-state index in [1.807, 2.05) is 0 Å². The minimum Gasteiger partial charge on any atom is -0.494 e. The zero-order valence-electron chi connectivity index (χ0n) is 23.5. The predicted octanol–water partition coefficient (Wildman–Crippen LogP) is 5.42. The number of alkyl halides is 2. The van der Waals surface area contributed by atoms with E-state index in [0.717, 1.165) is 18.2 Å². The number of fused-ring (bicyclic) bond motifs is 1. The van der Waals surface area contributed by atoms with Gasteiger partial charge in [-0.1, -0.05) is 13.8 Å². The summed E-state index contributed by atoms with van der Waals surface area (Å²) in [7, 11) is 1.33. The average Bonchev–Trinajstić information content (AvgIpc) is 2.94. The van der Waals surface area contributed by atoms with Crippen LogP contribution in [0.1, 0.15) is 61.4 Å². The topological polar surface area (TPSA) is 117 Å². The summed E-state index contributed by atoms with van der Waals surface area (Å²) in [4.78, 5) is 17.6. The summed E-state index contributed by atoms with van der Waals surface area (Å²) in [6.45, 7) is 5.69. The Morgan fingerprint density at radius 1 is 1.02 bits per heavy atom. The molecule has 42 heavy (non-hydrogen) atoms. The number of carbonyl (C=O) groups is 1. The average molecular weight is 587 g/mol. The minimum absolute atomic E-state index is 0.0370. The molecule has 0 aliphatic carbocycles. The third kappa shape index (κ3) is 6.04. The van der Waals surface area contributed by atoms with Gasteiger partial charge in [0.25, 0.3) is 12.3 Å². The summed E-state index contributed by atoms with van der Waals surface area (Å²) in [6, 6.07) is 9.96. The molecule has 0 radical (unpaired) electrons. The number of aromatic nitrogens is 3. The van der Waals surface area contributed by atoms with Crippen LogP contribution in [0.15, 0.2) is 48.5 Å². The van der Waals surface area contributed by atoms with Crippen LogP contribution in [-0.2, 0) is 11.2 Å². The maximum atomic E-state index is 15.6. The highest BCUT2D eigenvalue weighted by molar-refractivity contribution is 5.99. The third-order valence-electron chi connectivity index (χ3n) is 7.03. The van der Waals surface area contributed by atoms with Crippen LogP contribution in [0, 0.1) is 17.6 Å². The van der Waals surface area contributed by atoms with Crippen molar-refractivity contribution in [1.82, 2.24) is 20.5 Å². The number of benzene rings is 2. The van der Waals surface area contributed by atoms with Crippen molar-refractivity contribution in [2.24, 2.45) is 5.92 Å². The molecule has 0 aliphatic rings. The number of rotatable bonds is 9. The first-order chi connectivity index (χ1) is 19.6. The lowest BCUT2D eigenvalue weighted by Crippen LogP contribution is -2.45. The second kappa shape index (κ2) is 11.6. The van der Waals surface area contributed by atoms with E-state index in [0.29, 0.717) is 0 Å². The number of hydrogen-bond acceptors (Lipinski definition) is 7. The number of nitrogens with one attached hydrogen (secondary N) is 1. The first-order valence-corrected chi connectivity index (χ1v) is 13.0.